The molecule has 3 atom stereocenters. The Bertz CT molecular complexity index is 415. The van der Waals surface area contributed by atoms with Gasteiger partial charge in [0.15, 0.2) is 0 Å². The second-order valence-corrected chi connectivity index (χ2v) is 6.44. The first-order valence-electron chi connectivity index (χ1n) is 7.46. The summed E-state index contributed by atoms with van der Waals surface area (Å²) in [6.07, 6.45) is 7.10. The molecule has 1 aromatic rings. The number of fused-ring (bicyclic) bond motifs is 2. The molecule has 1 aliphatic heterocycles. The third-order valence-corrected chi connectivity index (χ3v) is 4.71. The summed E-state index contributed by atoms with van der Waals surface area (Å²) < 4.78 is 8.06. The van der Waals surface area contributed by atoms with Crippen molar-refractivity contribution in [2.75, 3.05) is 13.1 Å². The molecule has 1 aromatic heterocycles. The van der Waals surface area contributed by atoms with Gasteiger partial charge in [-0.1, -0.05) is 0 Å². The molecule has 4 heteroatoms. The van der Waals surface area contributed by atoms with Gasteiger partial charge in [-0.25, -0.2) is 0 Å². The smallest absolute Gasteiger partial charge is 0.0751 e. The SMILES string of the molecule is CC(C)N1C[C@H]2CC[C@@H](C1)[C@H]2OCc1cnn(C)c1. The fourth-order valence-electron chi connectivity index (χ4n) is 3.64. The van der Waals surface area contributed by atoms with E-state index in [1.54, 1.807) is 0 Å². The van der Waals surface area contributed by atoms with Crippen molar-refractivity contribution in [2.24, 2.45) is 18.9 Å². The molecule has 1 aliphatic carbocycles. The predicted octanol–water partition coefficient (Wildman–Crippen LogP) is 2.06. The minimum absolute atomic E-state index is 0.468. The first kappa shape index (κ1) is 13.1. The molecule has 0 amide bonds. The van der Waals surface area contributed by atoms with Gasteiger partial charge in [0.25, 0.3) is 0 Å². The van der Waals surface area contributed by atoms with Crippen LogP contribution in [0.3, 0.4) is 0 Å². The molecule has 2 aliphatic rings. The molecule has 0 radical (unpaired) electrons. The second-order valence-electron chi connectivity index (χ2n) is 6.44. The van der Waals surface area contributed by atoms with Gasteiger partial charge in [0.1, 0.15) is 0 Å². The van der Waals surface area contributed by atoms with E-state index in [2.05, 4.69) is 23.8 Å². The van der Waals surface area contributed by atoms with Gasteiger partial charge in [-0.2, -0.15) is 5.10 Å². The van der Waals surface area contributed by atoms with E-state index < -0.39 is 0 Å². The maximum Gasteiger partial charge on any atom is 0.0751 e. The molecule has 0 unspecified atom stereocenters. The lowest BCUT2D eigenvalue weighted by atomic mass is 9.94. The van der Waals surface area contributed by atoms with Gasteiger partial charge in [-0.05, 0) is 38.5 Å². The molecule has 4 nitrogen and oxygen atoms in total. The van der Waals surface area contributed by atoms with Crippen LogP contribution in [0.25, 0.3) is 0 Å². The Hall–Kier alpha value is -0.870. The second kappa shape index (κ2) is 5.25. The average Bonchev–Trinajstić information content (AvgIpc) is 2.87. The van der Waals surface area contributed by atoms with Gasteiger partial charge in [0.2, 0.25) is 0 Å². The first-order valence-corrected chi connectivity index (χ1v) is 7.46. The monoisotopic (exact) mass is 263 g/mol. The van der Waals surface area contributed by atoms with Crippen LogP contribution in [0.15, 0.2) is 12.4 Å². The van der Waals surface area contributed by atoms with Crippen molar-refractivity contribution in [3.05, 3.63) is 18.0 Å². The zero-order valence-corrected chi connectivity index (χ0v) is 12.2. The largest absolute Gasteiger partial charge is 0.373 e. The molecule has 106 valence electrons. The van der Waals surface area contributed by atoms with Crippen molar-refractivity contribution >= 4 is 0 Å². The Morgan fingerprint density at radius 2 is 2.00 bits per heavy atom. The highest BCUT2D eigenvalue weighted by Crippen LogP contribution is 2.39. The summed E-state index contributed by atoms with van der Waals surface area (Å²) in [4.78, 5) is 2.62. The highest BCUT2D eigenvalue weighted by molar-refractivity contribution is 5.02. The first-order chi connectivity index (χ1) is 9.13. The summed E-state index contributed by atoms with van der Waals surface area (Å²) in [5, 5.41) is 4.20. The molecule has 2 heterocycles. The van der Waals surface area contributed by atoms with E-state index in [0.717, 1.165) is 11.8 Å². The van der Waals surface area contributed by atoms with E-state index in [9.17, 15) is 0 Å². The van der Waals surface area contributed by atoms with Crippen molar-refractivity contribution in [1.29, 1.82) is 0 Å². The van der Waals surface area contributed by atoms with Crippen LogP contribution in [0, 0.1) is 11.8 Å². The minimum Gasteiger partial charge on any atom is -0.373 e. The number of likely N-dealkylation sites (tertiary alicyclic amines) is 1. The molecule has 2 fully saturated rings. The van der Waals surface area contributed by atoms with Crippen molar-refractivity contribution in [3.8, 4) is 0 Å². The standard InChI is InChI=1S/C15H25N3O/c1-11(2)18-8-13-4-5-14(9-18)15(13)19-10-12-6-16-17(3)7-12/h6-7,11,13-15H,4-5,8-10H2,1-3H3/t13-,14+,15+. The maximum atomic E-state index is 6.22. The minimum atomic E-state index is 0.468. The number of rotatable bonds is 4. The van der Waals surface area contributed by atoms with Gasteiger partial charge in [-0.3, -0.25) is 4.68 Å². The molecule has 0 spiro atoms. The number of aromatic nitrogens is 2. The van der Waals surface area contributed by atoms with Crippen molar-refractivity contribution in [1.82, 2.24) is 14.7 Å². The number of aryl methyl sites for hydroxylation is 1. The molecule has 3 rings (SSSR count). The third-order valence-electron chi connectivity index (χ3n) is 4.71. The molecular weight excluding hydrogens is 238 g/mol. The van der Waals surface area contributed by atoms with E-state index in [1.807, 2.05) is 24.1 Å². The van der Waals surface area contributed by atoms with E-state index in [4.69, 9.17) is 4.74 Å². The van der Waals surface area contributed by atoms with Gasteiger partial charge in [0.05, 0.1) is 18.9 Å². The maximum absolute atomic E-state index is 6.22. The highest BCUT2D eigenvalue weighted by Gasteiger charge is 2.43. The zero-order chi connectivity index (χ0) is 13.4. The van der Waals surface area contributed by atoms with Gasteiger partial charge < -0.3 is 9.64 Å². The van der Waals surface area contributed by atoms with Crippen LogP contribution in [-0.4, -0.2) is 39.9 Å². The Morgan fingerprint density at radius 1 is 1.32 bits per heavy atom. The molecule has 1 saturated heterocycles. The summed E-state index contributed by atoms with van der Waals surface area (Å²) in [5.41, 5.74) is 1.19. The molecule has 0 N–H and O–H groups in total. The number of hydrogen-bond acceptors (Lipinski definition) is 3. The summed E-state index contributed by atoms with van der Waals surface area (Å²) in [7, 11) is 1.95. The van der Waals surface area contributed by atoms with E-state index in [0.29, 0.717) is 18.8 Å². The summed E-state index contributed by atoms with van der Waals surface area (Å²) in [6.45, 7) is 7.75. The van der Waals surface area contributed by atoms with Crippen LogP contribution in [0.4, 0.5) is 0 Å². The molecule has 1 saturated carbocycles. The molecule has 2 bridgehead atoms. The normalized spacial score (nSPS) is 31.3. The lowest BCUT2D eigenvalue weighted by Gasteiger charge is -2.39. The molecule has 19 heavy (non-hydrogen) atoms. The number of nitrogens with zero attached hydrogens (tertiary/aromatic N) is 3. The van der Waals surface area contributed by atoms with E-state index >= 15 is 0 Å². The zero-order valence-electron chi connectivity index (χ0n) is 12.2. The molecular formula is C15H25N3O. The van der Waals surface area contributed by atoms with Crippen LogP contribution in [0.5, 0.6) is 0 Å². The quantitative estimate of drug-likeness (QED) is 0.833. The summed E-state index contributed by atoms with van der Waals surface area (Å²) in [5.74, 6) is 1.47. The lowest BCUT2D eigenvalue weighted by Crippen LogP contribution is -2.48. The Labute approximate surface area is 115 Å². The summed E-state index contributed by atoms with van der Waals surface area (Å²) in [6, 6.07) is 0.669. The van der Waals surface area contributed by atoms with Gasteiger partial charge in [-0.15, -0.1) is 0 Å². The van der Waals surface area contributed by atoms with Crippen molar-refractivity contribution < 1.29 is 4.74 Å². The molecule has 0 aromatic carbocycles. The van der Waals surface area contributed by atoms with Gasteiger partial charge in [0, 0.05) is 37.9 Å². The number of piperidine rings is 1. The number of hydrogen-bond donors (Lipinski definition) is 0. The van der Waals surface area contributed by atoms with E-state index in [1.165, 1.54) is 31.5 Å². The third kappa shape index (κ3) is 2.70. The Kier molecular flexibility index (Phi) is 3.63. The Morgan fingerprint density at radius 3 is 2.53 bits per heavy atom. The fourth-order valence-corrected chi connectivity index (χ4v) is 3.64. The lowest BCUT2D eigenvalue weighted by molar-refractivity contribution is -0.0564. The fraction of sp³-hybridized carbons (Fsp3) is 0.800. The van der Waals surface area contributed by atoms with Crippen molar-refractivity contribution in [3.63, 3.8) is 0 Å². The van der Waals surface area contributed by atoms with Crippen LogP contribution < -0.4 is 0 Å². The van der Waals surface area contributed by atoms with Crippen LogP contribution in [-0.2, 0) is 18.4 Å². The number of ether oxygens (including phenoxy) is 1. The Balaban J connectivity index is 1.58. The summed E-state index contributed by atoms with van der Waals surface area (Å²) >= 11 is 0. The van der Waals surface area contributed by atoms with Gasteiger partial charge >= 0.3 is 0 Å². The van der Waals surface area contributed by atoms with Crippen LogP contribution >= 0.6 is 0 Å². The highest BCUT2D eigenvalue weighted by atomic mass is 16.5. The van der Waals surface area contributed by atoms with Crippen LogP contribution in [0.2, 0.25) is 0 Å². The van der Waals surface area contributed by atoms with Crippen LogP contribution in [0.1, 0.15) is 32.3 Å². The van der Waals surface area contributed by atoms with E-state index in [-0.39, 0.29) is 0 Å². The average molecular weight is 263 g/mol. The predicted molar refractivity (Wildman–Crippen MR) is 74.7 cm³/mol. The topological polar surface area (TPSA) is 30.3 Å². The van der Waals surface area contributed by atoms with Crippen molar-refractivity contribution in [2.45, 2.75) is 45.4 Å².